The van der Waals surface area contributed by atoms with Crippen LogP contribution in [0.25, 0.3) is 0 Å². The third-order valence-electron chi connectivity index (χ3n) is 3.83. The highest BCUT2D eigenvalue weighted by Gasteiger charge is 2.07. The minimum Gasteiger partial charge on any atom is -0.493 e. The number of rotatable bonds is 10. The Morgan fingerprint density at radius 3 is 2.43 bits per heavy atom. The van der Waals surface area contributed by atoms with E-state index < -0.39 is 0 Å². The fourth-order valence-corrected chi connectivity index (χ4v) is 2.45. The van der Waals surface area contributed by atoms with Gasteiger partial charge >= 0.3 is 0 Å². The first kappa shape index (κ1) is 24.0. The van der Waals surface area contributed by atoms with Crippen molar-refractivity contribution in [3.63, 3.8) is 0 Å². The van der Waals surface area contributed by atoms with Gasteiger partial charge in [-0.25, -0.2) is 4.99 Å². The lowest BCUT2D eigenvalue weighted by Crippen LogP contribution is -2.38. The molecule has 28 heavy (non-hydrogen) atoms. The van der Waals surface area contributed by atoms with Gasteiger partial charge in [-0.1, -0.05) is 36.4 Å². The fourth-order valence-electron chi connectivity index (χ4n) is 2.45. The average Bonchev–Trinajstić information content (AvgIpc) is 2.71. The highest BCUT2D eigenvalue weighted by atomic mass is 127. The van der Waals surface area contributed by atoms with E-state index in [0.717, 1.165) is 29.4 Å². The van der Waals surface area contributed by atoms with Crippen molar-refractivity contribution >= 4 is 29.9 Å². The maximum Gasteiger partial charge on any atom is 0.191 e. The summed E-state index contributed by atoms with van der Waals surface area (Å²) in [5.41, 5.74) is 2.16. The van der Waals surface area contributed by atoms with E-state index in [1.54, 1.807) is 14.2 Å². The molecule has 0 fully saturated rings. The van der Waals surface area contributed by atoms with Crippen LogP contribution in [0.4, 0.5) is 0 Å². The van der Waals surface area contributed by atoms with Gasteiger partial charge in [0.1, 0.15) is 6.61 Å². The van der Waals surface area contributed by atoms with Gasteiger partial charge in [-0.05, 0) is 30.2 Å². The van der Waals surface area contributed by atoms with Crippen LogP contribution in [0.2, 0.25) is 0 Å². The van der Waals surface area contributed by atoms with Gasteiger partial charge in [0.05, 0.1) is 20.3 Å². The van der Waals surface area contributed by atoms with E-state index in [0.29, 0.717) is 32.1 Å². The number of benzene rings is 2. The van der Waals surface area contributed by atoms with Crippen molar-refractivity contribution < 1.29 is 14.2 Å². The Kier molecular flexibility index (Phi) is 12.1. The van der Waals surface area contributed by atoms with Gasteiger partial charge in [0, 0.05) is 20.2 Å². The first-order chi connectivity index (χ1) is 13.3. The van der Waals surface area contributed by atoms with Gasteiger partial charge in [0.25, 0.3) is 0 Å². The number of aliphatic imine (C=N–C) groups is 1. The van der Waals surface area contributed by atoms with Gasteiger partial charge in [-0.3, -0.25) is 0 Å². The van der Waals surface area contributed by atoms with Gasteiger partial charge in [0.2, 0.25) is 0 Å². The quantitative estimate of drug-likeness (QED) is 0.227. The van der Waals surface area contributed by atoms with Gasteiger partial charge < -0.3 is 24.8 Å². The number of nitrogens with one attached hydrogen (secondary N) is 2. The molecule has 0 unspecified atom stereocenters. The van der Waals surface area contributed by atoms with Crippen LogP contribution in [0.3, 0.4) is 0 Å². The maximum atomic E-state index is 5.90. The van der Waals surface area contributed by atoms with Gasteiger partial charge in [-0.2, -0.15) is 0 Å². The standard InChI is InChI=1S/C21H29N3O3.HI/c1-4-22-21(23-12-13-25-2)24-15-18-10-11-19(20(14-18)26-3)27-16-17-8-6-5-7-9-17;/h5-11,14H,4,12-13,15-16H2,1-3H3,(H2,22,23,24);1H. The summed E-state index contributed by atoms with van der Waals surface area (Å²) in [5, 5.41) is 6.45. The minimum absolute atomic E-state index is 0. The fraction of sp³-hybridized carbons (Fsp3) is 0.381. The molecule has 0 saturated carbocycles. The number of guanidine groups is 1. The molecule has 2 aromatic carbocycles. The smallest absolute Gasteiger partial charge is 0.191 e. The molecule has 0 spiro atoms. The van der Waals surface area contributed by atoms with Crippen molar-refractivity contribution in [1.29, 1.82) is 0 Å². The van der Waals surface area contributed by atoms with Crippen molar-refractivity contribution in [2.24, 2.45) is 4.99 Å². The van der Waals surface area contributed by atoms with Gasteiger partial charge in [-0.15, -0.1) is 24.0 Å². The average molecular weight is 499 g/mol. The van der Waals surface area contributed by atoms with E-state index in [1.807, 2.05) is 55.5 Å². The second-order valence-electron chi connectivity index (χ2n) is 5.87. The second kappa shape index (κ2) is 14.1. The number of hydrogen-bond acceptors (Lipinski definition) is 4. The Hall–Kier alpha value is -2.00. The molecule has 2 aromatic rings. The van der Waals surface area contributed by atoms with Gasteiger partial charge in [0.15, 0.2) is 17.5 Å². The molecule has 0 amide bonds. The van der Waals surface area contributed by atoms with E-state index in [4.69, 9.17) is 14.2 Å². The lowest BCUT2D eigenvalue weighted by molar-refractivity contribution is 0.203. The summed E-state index contributed by atoms with van der Waals surface area (Å²) in [7, 11) is 3.33. The monoisotopic (exact) mass is 499 g/mol. The molecule has 0 aromatic heterocycles. The molecular weight excluding hydrogens is 469 g/mol. The number of nitrogens with zero attached hydrogens (tertiary/aromatic N) is 1. The molecule has 0 saturated heterocycles. The Morgan fingerprint density at radius 2 is 1.75 bits per heavy atom. The third-order valence-corrected chi connectivity index (χ3v) is 3.83. The summed E-state index contributed by atoms with van der Waals surface area (Å²) in [6, 6.07) is 16.0. The zero-order valence-electron chi connectivity index (χ0n) is 16.7. The summed E-state index contributed by atoms with van der Waals surface area (Å²) in [4.78, 5) is 4.60. The number of methoxy groups -OCH3 is 2. The first-order valence-electron chi connectivity index (χ1n) is 9.11. The van der Waals surface area contributed by atoms with Crippen molar-refractivity contribution in [1.82, 2.24) is 10.6 Å². The van der Waals surface area contributed by atoms with E-state index >= 15 is 0 Å². The molecule has 0 radical (unpaired) electrons. The molecule has 2 rings (SSSR count). The molecular formula is C21H30IN3O3. The molecule has 2 N–H and O–H groups in total. The van der Waals surface area contributed by atoms with E-state index in [1.165, 1.54) is 0 Å². The minimum atomic E-state index is 0. The predicted octanol–water partition coefficient (Wildman–Crippen LogP) is 3.59. The summed E-state index contributed by atoms with van der Waals surface area (Å²) < 4.78 is 16.4. The Balaban J connectivity index is 0.00000392. The lowest BCUT2D eigenvalue weighted by Gasteiger charge is -2.13. The third kappa shape index (κ3) is 8.35. The molecule has 6 nitrogen and oxygen atoms in total. The highest BCUT2D eigenvalue weighted by molar-refractivity contribution is 14.0. The maximum absolute atomic E-state index is 5.90. The first-order valence-corrected chi connectivity index (χ1v) is 9.11. The number of halogens is 1. The Morgan fingerprint density at radius 1 is 0.964 bits per heavy atom. The number of hydrogen-bond donors (Lipinski definition) is 2. The highest BCUT2D eigenvalue weighted by Crippen LogP contribution is 2.29. The molecule has 0 heterocycles. The largest absolute Gasteiger partial charge is 0.493 e. The van der Waals surface area contributed by atoms with E-state index in [9.17, 15) is 0 Å². The van der Waals surface area contributed by atoms with Crippen LogP contribution in [-0.4, -0.2) is 39.9 Å². The van der Waals surface area contributed by atoms with Crippen LogP contribution in [-0.2, 0) is 17.9 Å². The van der Waals surface area contributed by atoms with Crippen LogP contribution in [0.1, 0.15) is 18.1 Å². The zero-order valence-corrected chi connectivity index (χ0v) is 19.1. The predicted molar refractivity (Wildman–Crippen MR) is 124 cm³/mol. The van der Waals surface area contributed by atoms with Crippen molar-refractivity contribution in [2.45, 2.75) is 20.1 Å². The summed E-state index contributed by atoms with van der Waals surface area (Å²) in [6.07, 6.45) is 0. The molecule has 7 heteroatoms. The normalized spacial score (nSPS) is 10.8. The van der Waals surface area contributed by atoms with Crippen LogP contribution >= 0.6 is 24.0 Å². The van der Waals surface area contributed by atoms with E-state index in [-0.39, 0.29) is 24.0 Å². The van der Waals surface area contributed by atoms with Crippen molar-refractivity contribution in [3.05, 3.63) is 59.7 Å². The van der Waals surface area contributed by atoms with Crippen LogP contribution in [0, 0.1) is 0 Å². The molecule has 0 aliphatic carbocycles. The lowest BCUT2D eigenvalue weighted by atomic mass is 10.2. The molecule has 0 bridgehead atoms. The van der Waals surface area contributed by atoms with E-state index in [2.05, 4.69) is 15.6 Å². The Bertz CT molecular complexity index is 711. The molecule has 154 valence electrons. The summed E-state index contributed by atoms with van der Waals surface area (Å²) >= 11 is 0. The topological polar surface area (TPSA) is 64.1 Å². The summed E-state index contributed by atoms with van der Waals surface area (Å²) in [6.45, 7) is 5.22. The van der Waals surface area contributed by atoms with Crippen molar-refractivity contribution in [2.75, 3.05) is 33.9 Å². The van der Waals surface area contributed by atoms with Crippen molar-refractivity contribution in [3.8, 4) is 11.5 Å². The summed E-state index contributed by atoms with van der Waals surface area (Å²) in [5.74, 6) is 2.19. The molecule has 0 atom stereocenters. The Labute approximate surface area is 184 Å². The molecule has 0 aliphatic heterocycles. The second-order valence-corrected chi connectivity index (χ2v) is 5.87. The van der Waals surface area contributed by atoms with Crippen LogP contribution < -0.4 is 20.1 Å². The number of ether oxygens (including phenoxy) is 3. The molecule has 0 aliphatic rings. The van der Waals surface area contributed by atoms with Crippen LogP contribution in [0.15, 0.2) is 53.5 Å². The SMILES string of the molecule is CCNC(=NCc1ccc(OCc2ccccc2)c(OC)c1)NCCOC.I. The van der Waals surface area contributed by atoms with Crippen LogP contribution in [0.5, 0.6) is 11.5 Å². The zero-order chi connectivity index (χ0) is 19.3.